The van der Waals surface area contributed by atoms with Crippen molar-refractivity contribution >= 4 is 23.6 Å². The van der Waals surface area contributed by atoms with Crippen molar-refractivity contribution in [2.24, 2.45) is 0 Å². The number of aliphatic carboxylic acids is 1. The van der Waals surface area contributed by atoms with Crippen LogP contribution in [-0.2, 0) is 9.59 Å². The second kappa shape index (κ2) is 6.13. The van der Waals surface area contributed by atoms with Gasteiger partial charge in [0, 0.05) is 12.6 Å². The minimum Gasteiger partial charge on any atom is -0.481 e. The number of amides is 1. The molecule has 0 radical (unpaired) electrons. The molecule has 1 N–H and O–H groups in total. The molecule has 1 fully saturated rings. The summed E-state index contributed by atoms with van der Waals surface area (Å²) >= 11 is 1.51. The molecule has 1 heterocycles. The first-order chi connectivity index (χ1) is 7.56. The Morgan fingerprint density at radius 1 is 1.50 bits per heavy atom. The van der Waals surface area contributed by atoms with E-state index in [1.54, 1.807) is 4.90 Å². The fourth-order valence-electron chi connectivity index (χ4n) is 2.04. The number of hydrogen-bond donors (Lipinski definition) is 1. The predicted molar refractivity (Wildman–Crippen MR) is 64.6 cm³/mol. The van der Waals surface area contributed by atoms with Crippen LogP contribution in [0, 0.1) is 0 Å². The molecule has 1 amide bonds. The Hall–Kier alpha value is -0.710. The summed E-state index contributed by atoms with van der Waals surface area (Å²) in [4.78, 5) is 24.5. The fraction of sp³-hybridized carbons (Fsp3) is 0.818. The van der Waals surface area contributed by atoms with E-state index in [0.717, 1.165) is 19.3 Å². The van der Waals surface area contributed by atoms with Gasteiger partial charge in [-0.2, -0.15) is 11.8 Å². The second-order valence-electron chi connectivity index (χ2n) is 4.16. The number of carbonyl (C=O) groups excluding carboxylic acids is 1. The number of carboxylic acids is 1. The number of rotatable bonds is 4. The highest BCUT2D eigenvalue weighted by atomic mass is 32.2. The molecule has 0 aromatic carbocycles. The lowest BCUT2D eigenvalue weighted by Crippen LogP contribution is -2.47. The quantitative estimate of drug-likeness (QED) is 0.817. The van der Waals surface area contributed by atoms with Gasteiger partial charge in [-0.15, -0.1) is 0 Å². The Labute approximate surface area is 100 Å². The van der Waals surface area contributed by atoms with Crippen LogP contribution in [0.5, 0.6) is 0 Å². The van der Waals surface area contributed by atoms with Crippen molar-refractivity contribution in [3.63, 3.8) is 0 Å². The maximum Gasteiger partial charge on any atom is 0.305 e. The Balaban J connectivity index is 2.65. The zero-order valence-corrected chi connectivity index (χ0v) is 10.6. The van der Waals surface area contributed by atoms with Crippen molar-refractivity contribution in [1.29, 1.82) is 0 Å². The maximum absolute atomic E-state index is 12.0. The molecule has 1 saturated heterocycles. The Bertz CT molecular complexity index is 270. The minimum absolute atomic E-state index is 0.0746. The molecule has 1 rings (SSSR count). The van der Waals surface area contributed by atoms with E-state index in [4.69, 9.17) is 5.11 Å². The molecule has 1 aliphatic heterocycles. The molecule has 2 unspecified atom stereocenters. The van der Waals surface area contributed by atoms with Crippen molar-refractivity contribution in [3.8, 4) is 0 Å². The summed E-state index contributed by atoms with van der Waals surface area (Å²) in [5, 5.41) is 8.74. The van der Waals surface area contributed by atoms with E-state index in [9.17, 15) is 9.59 Å². The topological polar surface area (TPSA) is 57.6 Å². The van der Waals surface area contributed by atoms with Gasteiger partial charge >= 0.3 is 5.97 Å². The summed E-state index contributed by atoms with van der Waals surface area (Å²) in [6.07, 6.45) is 4.81. The van der Waals surface area contributed by atoms with Gasteiger partial charge in [-0.25, -0.2) is 0 Å². The monoisotopic (exact) mass is 245 g/mol. The zero-order chi connectivity index (χ0) is 12.1. The van der Waals surface area contributed by atoms with E-state index in [-0.39, 0.29) is 23.6 Å². The second-order valence-corrected chi connectivity index (χ2v) is 5.34. The first kappa shape index (κ1) is 13.4. The van der Waals surface area contributed by atoms with Crippen molar-refractivity contribution in [3.05, 3.63) is 0 Å². The summed E-state index contributed by atoms with van der Waals surface area (Å²) < 4.78 is 0. The van der Waals surface area contributed by atoms with Crippen molar-refractivity contribution in [1.82, 2.24) is 4.90 Å². The standard InChI is InChI=1S/C11H19NO3S/c1-8(16-2)11(15)12-6-4-3-5-9(12)7-10(13)14/h8-9H,3-7H2,1-2H3,(H,13,14). The van der Waals surface area contributed by atoms with E-state index in [2.05, 4.69) is 0 Å². The number of piperidine rings is 1. The van der Waals surface area contributed by atoms with Gasteiger partial charge < -0.3 is 10.0 Å². The number of thioether (sulfide) groups is 1. The smallest absolute Gasteiger partial charge is 0.305 e. The molecule has 0 bridgehead atoms. The van der Waals surface area contributed by atoms with Gasteiger partial charge in [0.25, 0.3) is 0 Å². The number of hydrogen-bond acceptors (Lipinski definition) is 3. The third-order valence-corrected chi connectivity index (χ3v) is 3.93. The summed E-state index contributed by atoms with van der Waals surface area (Å²) in [7, 11) is 0. The number of nitrogens with zero attached hydrogens (tertiary/aromatic N) is 1. The lowest BCUT2D eigenvalue weighted by atomic mass is 9.99. The molecule has 4 nitrogen and oxygen atoms in total. The molecule has 5 heteroatoms. The highest BCUT2D eigenvalue weighted by Gasteiger charge is 2.30. The average Bonchev–Trinajstić information content (AvgIpc) is 2.27. The minimum atomic E-state index is -0.818. The van der Waals surface area contributed by atoms with Crippen LogP contribution < -0.4 is 0 Å². The normalized spacial score (nSPS) is 22.9. The molecule has 0 aromatic heterocycles. The Kier molecular flexibility index (Phi) is 5.12. The van der Waals surface area contributed by atoms with E-state index < -0.39 is 5.97 Å². The molecular formula is C11H19NO3S. The largest absolute Gasteiger partial charge is 0.481 e. The van der Waals surface area contributed by atoms with Gasteiger partial charge in [0.2, 0.25) is 5.91 Å². The predicted octanol–water partition coefficient (Wildman–Crippen LogP) is 1.59. The molecular weight excluding hydrogens is 226 g/mol. The zero-order valence-electron chi connectivity index (χ0n) is 9.81. The first-order valence-corrected chi connectivity index (χ1v) is 6.90. The van der Waals surface area contributed by atoms with Gasteiger partial charge in [-0.1, -0.05) is 0 Å². The van der Waals surface area contributed by atoms with Crippen LogP contribution in [-0.4, -0.2) is 46.0 Å². The fourth-order valence-corrected chi connectivity index (χ4v) is 2.38. The van der Waals surface area contributed by atoms with Crippen LogP contribution in [0.2, 0.25) is 0 Å². The van der Waals surface area contributed by atoms with Crippen LogP contribution in [0.1, 0.15) is 32.6 Å². The lowest BCUT2D eigenvalue weighted by molar-refractivity contribution is -0.141. The third kappa shape index (κ3) is 3.40. The Morgan fingerprint density at radius 3 is 2.75 bits per heavy atom. The van der Waals surface area contributed by atoms with Crippen LogP contribution in [0.4, 0.5) is 0 Å². The van der Waals surface area contributed by atoms with Crippen LogP contribution in [0.25, 0.3) is 0 Å². The average molecular weight is 245 g/mol. The highest BCUT2D eigenvalue weighted by molar-refractivity contribution is 7.99. The molecule has 92 valence electrons. The highest BCUT2D eigenvalue weighted by Crippen LogP contribution is 2.22. The molecule has 0 spiro atoms. The van der Waals surface area contributed by atoms with Gasteiger partial charge in [0.05, 0.1) is 11.7 Å². The molecule has 0 aromatic rings. The summed E-state index contributed by atoms with van der Waals surface area (Å²) in [5.74, 6) is -0.736. The van der Waals surface area contributed by atoms with Crippen LogP contribution >= 0.6 is 11.8 Å². The van der Waals surface area contributed by atoms with Crippen molar-refractivity contribution in [2.45, 2.75) is 43.9 Å². The van der Waals surface area contributed by atoms with E-state index in [1.165, 1.54) is 11.8 Å². The SMILES string of the molecule is CSC(C)C(=O)N1CCCCC1CC(=O)O. The summed E-state index contributed by atoms with van der Waals surface area (Å²) in [5.41, 5.74) is 0. The van der Waals surface area contributed by atoms with E-state index >= 15 is 0 Å². The lowest BCUT2D eigenvalue weighted by Gasteiger charge is -2.36. The van der Waals surface area contributed by atoms with Crippen LogP contribution in [0.3, 0.4) is 0 Å². The van der Waals surface area contributed by atoms with Gasteiger partial charge in [0.1, 0.15) is 0 Å². The molecule has 0 aliphatic carbocycles. The van der Waals surface area contributed by atoms with Gasteiger partial charge in [0.15, 0.2) is 0 Å². The first-order valence-electron chi connectivity index (χ1n) is 5.61. The summed E-state index contributed by atoms with van der Waals surface area (Å²) in [6.45, 7) is 2.58. The van der Waals surface area contributed by atoms with Crippen LogP contribution in [0.15, 0.2) is 0 Å². The van der Waals surface area contributed by atoms with E-state index in [0.29, 0.717) is 6.54 Å². The number of likely N-dealkylation sites (tertiary alicyclic amines) is 1. The van der Waals surface area contributed by atoms with Gasteiger partial charge in [-0.3, -0.25) is 9.59 Å². The molecule has 1 aliphatic rings. The molecule has 16 heavy (non-hydrogen) atoms. The molecule has 2 atom stereocenters. The maximum atomic E-state index is 12.0. The van der Waals surface area contributed by atoms with Gasteiger partial charge in [-0.05, 0) is 32.4 Å². The van der Waals surface area contributed by atoms with E-state index in [1.807, 2.05) is 13.2 Å². The molecule has 0 saturated carbocycles. The number of carbonyl (C=O) groups is 2. The van der Waals surface area contributed by atoms with Crippen molar-refractivity contribution in [2.75, 3.05) is 12.8 Å². The summed E-state index contributed by atoms with van der Waals surface area (Å²) in [6, 6.07) is -0.103. The third-order valence-electron chi connectivity index (χ3n) is 3.02. The van der Waals surface area contributed by atoms with Crippen molar-refractivity contribution < 1.29 is 14.7 Å². The Morgan fingerprint density at radius 2 is 2.19 bits per heavy atom. The number of carboxylic acid groups (broad SMARTS) is 1.